The average Bonchev–Trinajstić information content (AvgIpc) is 3.52. The molecule has 0 spiro atoms. The SMILES string of the molecule is CC(C)(C)OC(=O)NC(C)(C)c1noc(CSc2nnc(N3CCCC3)n2Cc2ccco2)n1. The predicted molar refractivity (Wildman–Crippen MR) is 126 cm³/mol. The molecule has 1 fully saturated rings. The van der Waals surface area contributed by atoms with Crippen LogP contribution in [0.25, 0.3) is 0 Å². The second-order valence-electron chi connectivity index (χ2n) is 9.69. The Bertz CT molecular complexity index is 1100. The molecule has 0 radical (unpaired) electrons. The lowest BCUT2D eigenvalue weighted by Gasteiger charge is -2.26. The van der Waals surface area contributed by atoms with Gasteiger partial charge in [-0.05, 0) is 59.6 Å². The summed E-state index contributed by atoms with van der Waals surface area (Å²) in [5, 5.41) is 16.5. The summed E-state index contributed by atoms with van der Waals surface area (Å²) in [7, 11) is 0. The summed E-state index contributed by atoms with van der Waals surface area (Å²) in [6.45, 7) is 11.5. The second kappa shape index (κ2) is 9.69. The Hall–Kier alpha value is -3.02. The van der Waals surface area contributed by atoms with Crippen LogP contribution in [0.5, 0.6) is 0 Å². The number of hydrogen-bond acceptors (Lipinski definition) is 10. The summed E-state index contributed by atoms with van der Waals surface area (Å²) in [6, 6.07) is 3.81. The van der Waals surface area contributed by atoms with Crippen LogP contribution in [0.15, 0.2) is 32.5 Å². The summed E-state index contributed by atoms with van der Waals surface area (Å²) in [6.07, 6.45) is 3.41. The minimum atomic E-state index is -0.864. The van der Waals surface area contributed by atoms with Gasteiger partial charge in [-0.15, -0.1) is 10.2 Å². The number of hydrogen-bond donors (Lipinski definition) is 1. The Labute approximate surface area is 202 Å². The van der Waals surface area contributed by atoms with Gasteiger partial charge in [0.25, 0.3) is 0 Å². The fourth-order valence-electron chi connectivity index (χ4n) is 3.54. The first kappa shape index (κ1) is 24.1. The molecule has 1 aliphatic heterocycles. The van der Waals surface area contributed by atoms with E-state index in [4.69, 9.17) is 13.7 Å². The van der Waals surface area contributed by atoms with Gasteiger partial charge in [0.1, 0.15) is 16.9 Å². The van der Waals surface area contributed by atoms with E-state index in [0.29, 0.717) is 24.0 Å². The topological polar surface area (TPSA) is 124 Å². The van der Waals surface area contributed by atoms with Gasteiger partial charge in [0.15, 0.2) is 11.0 Å². The van der Waals surface area contributed by atoms with Gasteiger partial charge < -0.3 is 23.9 Å². The van der Waals surface area contributed by atoms with Gasteiger partial charge in [-0.25, -0.2) is 4.79 Å². The maximum atomic E-state index is 12.2. The van der Waals surface area contributed by atoms with Crippen LogP contribution in [0.2, 0.25) is 0 Å². The molecule has 0 atom stereocenters. The quantitative estimate of drug-likeness (QED) is 0.465. The highest BCUT2D eigenvalue weighted by Crippen LogP contribution is 2.28. The van der Waals surface area contributed by atoms with Crippen LogP contribution in [0, 0.1) is 0 Å². The van der Waals surface area contributed by atoms with Crippen molar-refractivity contribution in [3.63, 3.8) is 0 Å². The molecule has 0 aliphatic carbocycles. The van der Waals surface area contributed by atoms with Gasteiger partial charge in [-0.3, -0.25) is 4.57 Å². The first-order chi connectivity index (χ1) is 16.1. The molecule has 11 nitrogen and oxygen atoms in total. The summed E-state index contributed by atoms with van der Waals surface area (Å²) in [4.78, 5) is 18.9. The van der Waals surface area contributed by atoms with Crippen LogP contribution in [0.1, 0.15) is 64.9 Å². The molecule has 184 valence electrons. The maximum Gasteiger partial charge on any atom is 0.408 e. The summed E-state index contributed by atoms with van der Waals surface area (Å²) >= 11 is 1.46. The van der Waals surface area contributed by atoms with Gasteiger partial charge >= 0.3 is 6.09 Å². The van der Waals surface area contributed by atoms with Gasteiger partial charge in [-0.1, -0.05) is 16.9 Å². The van der Waals surface area contributed by atoms with Gasteiger partial charge in [0.2, 0.25) is 11.8 Å². The lowest BCUT2D eigenvalue weighted by molar-refractivity contribution is 0.0465. The zero-order chi connectivity index (χ0) is 24.3. The van der Waals surface area contributed by atoms with E-state index in [1.54, 1.807) is 20.1 Å². The number of ether oxygens (including phenoxy) is 1. The summed E-state index contributed by atoms with van der Waals surface area (Å²) in [5.41, 5.74) is -1.46. The first-order valence-corrected chi connectivity index (χ1v) is 12.3. The van der Waals surface area contributed by atoms with E-state index in [1.165, 1.54) is 11.8 Å². The van der Waals surface area contributed by atoms with Crippen LogP contribution >= 0.6 is 11.8 Å². The van der Waals surface area contributed by atoms with Gasteiger partial charge in [-0.2, -0.15) is 4.98 Å². The number of carbonyl (C=O) groups excluding carboxylic acids is 1. The van der Waals surface area contributed by atoms with Crippen molar-refractivity contribution in [1.82, 2.24) is 30.2 Å². The Morgan fingerprint density at radius 2 is 1.97 bits per heavy atom. The number of carbonyl (C=O) groups is 1. The highest BCUT2D eigenvalue weighted by Gasteiger charge is 2.31. The number of anilines is 1. The molecule has 12 heteroatoms. The van der Waals surface area contributed by atoms with Crippen LogP contribution in [-0.4, -0.2) is 49.7 Å². The van der Waals surface area contributed by atoms with Crippen molar-refractivity contribution in [3.05, 3.63) is 35.9 Å². The Balaban J connectivity index is 1.44. The second-order valence-corrected chi connectivity index (χ2v) is 10.6. The lowest BCUT2D eigenvalue weighted by Crippen LogP contribution is -2.44. The van der Waals surface area contributed by atoms with Crippen molar-refractivity contribution >= 4 is 23.8 Å². The molecule has 1 saturated heterocycles. The molecule has 0 aromatic carbocycles. The third-order valence-corrected chi connectivity index (χ3v) is 6.10. The van der Waals surface area contributed by atoms with Crippen molar-refractivity contribution in [1.29, 1.82) is 0 Å². The smallest absolute Gasteiger partial charge is 0.408 e. The van der Waals surface area contributed by atoms with Crippen LogP contribution in [0.4, 0.5) is 10.7 Å². The van der Waals surface area contributed by atoms with Crippen LogP contribution < -0.4 is 10.2 Å². The van der Waals surface area contributed by atoms with E-state index in [2.05, 4.69) is 35.1 Å². The third kappa shape index (κ3) is 5.91. The molecule has 0 bridgehead atoms. The molecule has 0 unspecified atom stereocenters. The monoisotopic (exact) mass is 489 g/mol. The zero-order valence-corrected chi connectivity index (χ0v) is 21.0. The number of thioether (sulfide) groups is 1. The number of nitrogens with zero attached hydrogens (tertiary/aromatic N) is 6. The number of amides is 1. The van der Waals surface area contributed by atoms with Crippen molar-refractivity contribution in [3.8, 4) is 0 Å². The van der Waals surface area contributed by atoms with Crippen molar-refractivity contribution in [2.24, 2.45) is 0 Å². The number of rotatable bonds is 8. The first-order valence-electron chi connectivity index (χ1n) is 11.3. The highest BCUT2D eigenvalue weighted by atomic mass is 32.2. The largest absolute Gasteiger partial charge is 0.467 e. The molecule has 3 aromatic heterocycles. The highest BCUT2D eigenvalue weighted by molar-refractivity contribution is 7.98. The fourth-order valence-corrected chi connectivity index (χ4v) is 4.31. The standard InChI is InChI=1S/C22H31N7O4S/c1-21(2,3)32-20(30)24-22(4,5)17-23-16(33-27-17)14-34-19-26-25-18(28-10-6-7-11-28)29(19)13-15-9-8-12-31-15/h8-9,12H,6-7,10-11,13-14H2,1-5H3,(H,24,30). The Morgan fingerprint density at radius 1 is 1.21 bits per heavy atom. The molecule has 1 aliphatic rings. The van der Waals surface area contributed by atoms with E-state index in [-0.39, 0.29) is 0 Å². The van der Waals surface area contributed by atoms with E-state index in [9.17, 15) is 4.79 Å². The molecule has 3 aromatic rings. The molecule has 34 heavy (non-hydrogen) atoms. The minimum absolute atomic E-state index is 0.365. The van der Waals surface area contributed by atoms with Crippen LogP contribution in [-0.2, 0) is 22.6 Å². The molecule has 4 heterocycles. The molecule has 1 N–H and O–H groups in total. The van der Waals surface area contributed by atoms with Crippen LogP contribution in [0.3, 0.4) is 0 Å². The molecular weight excluding hydrogens is 458 g/mol. The molecule has 1 amide bonds. The number of nitrogens with one attached hydrogen (secondary N) is 1. The van der Waals surface area contributed by atoms with E-state index >= 15 is 0 Å². The number of furan rings is 1. The van der Waals surface area contributed by atoms with E-state index < -0.39 is 17.2 Å². The third-order valence-electron chi connectivity index (χ3n) is 5.15. The van der Waals surface area contributed by atoms with E-state index in [1.807, 2.05) is 32.9 Å². The average molecular weight is 490 g/mol. The van der Waals surface area contributed by atoms with Gasteiger partial charge in [0, 0.05) is 13.1 Å². The number of aromatic nitrogens is 5. The maximum absolute atomic E-state index is 12.2. The van der Waals surface area contributed by atoms with Crippen molar-refractivity contribution in [2.75, 3.05) is 18.0 Å². The number of alkyl carbamates (subject to hydrolysis) is 1. The van der Waals surface area contributed by atoms with Crippen molar-refractivity contribution in [2.45, 2.75) is 76.1 Å². The minimum Gasteiger partial charge on any atom is -0.467 e. The van der Waals surface area contributed by atoms with E-state index in [0.717, 1.165) is 42.8 Å². The predicted octanol–water partition coefficient (Wildman–Crippen LogP) is 3.95. The lowest BCUT2D eigenvalue weighted by atomic mass is 10.1. The molecule has 4 rings (SSSR count). The normalized spacial score (nSPS) is 14.6. The summed E-state index contributed by atoms with van der Waals surface area (Å²) < 4.78 is 18.4. The molecule has 0 saturated carbocycles. The molecular formula is C22H31N7O4S. The zero-order valence-electron chi connectivity index (χ0n) is 20.2. The fraction of sp³-hybridized carbons (Fsp3) is 0.591. The Kier molecular flexibility index (Phi) is 6.87. The van der Waals surface area contributed by atoms with Crippen molar-refractivity contribution < 1.29 is 18.5 Å². The van der Waals surface area contributed by atoms with Gasteiger partial charge in [0.05, 0.1) is 18.6 Å². The Morgan fingerprint density at radius 3 is 2.65 bits per heavy atom. The summed E-state index contributed by atoms with van der Waals surface area (Å²) in [5.74, 6) is 2.87.